The highest BCUT2D eigenvalue weighted by Gasteiger charge is 1.87. The van der Waals surface area contributed by atoms with Crippen molar-refractivity contribution in [2.45, 2.75) is 6.42 Å². The molecule has 2 nitrogen and oxygen atoms in total. The number of halogens is 2. The van der Waals surface area contributed by atoms with E-state index in [1.165, 1.54) is 11.9 Å². The Morgan fingerprint density at radius 1 is 1.30 bits per heavy atom. The Balaban J connectivity index is 0.000000810. The Kier molecular flexibility index (Phi) is 5.82. The molecular weight excluding hydrogens is 260 g/mol. The second-order valence-electron chi connectivity index (χ2n) is 1.69. The molecule has 0 aromatic carbocycles. The molecule has 0 N–H and O–H groups in total. The molecule has 1 rings (SSSR count). The van der Waals surface area contributed by atoms with Gasteiger partial charge in [0, 0.05) is 17.7 Å². The van der Waals surface area contributed by atoms with Gasteiger partial charge in [-0.25, -0.2) is 9.97 Å². The van der Waals surface area contributed by atoms with Crippen LogP contribution in [-0.4, -0.2) is 15.3 Å². The van der Waals surface area contributed by atoms with Gasteiger partial charge in [-0.1, -0.05) is 15.9 Å². The van der Waals surface area contributed by atoms with Gasteiger partial charge in [0.05, 0.1) is 0 Å². The lowest BCUT2D eigenvalue weighted by molar-refractivity contribution is 1.06. The zero-order valence-electron chi connectivity index (χ0n) is 5.33. The van der Waals surface area contributed by atoms with Crippen LogP contribution in [0.5, 0.6) is 0 Å². The zero-order valence-corrected chi connectivity index (χ0v) is 8.63. The third-order valence-corrected chi connectivity index (χ3v) is 1.39. The minimum absolute atomic E-state index is 0. The Morgan fingerprint density at radius 3 is 2.40 bits per heavy atom. The van der Waals surface area contributed by atoms with E-state index < -0.39 is 0 Å². The molecule has 0 aliphatic heterocycles. The first-order valence-electron chi connectivity index (χ1n) is 2.73. The van der Waals surface area contributed by atoms with Gasteiger partial charge in [0.15, 0.2) is 0 Å². The van der Waals surface area contributed by atoms with Crippen molar-refractivity contribution in [3.05, 3.63) is 24.3 Å². The lowest BCUT2D eigenvalue weighted by Gasteiger charge is -1.91. The topological polar surface area (TPSA) is 25.8 Å². The quantitative estimate of drug-likeness (QED) is 0.766. The summed E-state index contributed by atoms with van der Waals surface area (Å²) in [6, 6.07) is 0. The second kappa shape index (κ2) is 5.80. The molecule has 0 aliphatic rings. The maximum Gasteiger partial charge on any atom is 0.115 e. The summed E-state index contributed by atoms with van der Waals surface area (Å²) in [5.41, 5.74) is 1.18. The van der Waals surface area contributed by atoms with Crippen LogP contribution in [0.2, 0.25) is 0 Å². The molecule has 56 valence electrons. The summed E-state index contributed by atoms with van der Waals surface area (Å²) in [7, 11) is 0. The molecule has 0 unspecified atom stereocenters. The minimum atomic E-state index is 0. The van der Waals surface area contributed by atoms with Gasteiger partial charge in [-0.2, -0.15) is 0 Å². The number of alkyl halides is 1. The molecule has 0 saturated heterocycles. The fraction of sp³-hybridized carbons (Fsp3) is 0.333. The third-order valence-electron chi connectivity index (χ3n) is 0.997. The molecule has 10 heavy (non-hydrogen) atoms. The Bertz CT molecular complexity index is 167. The van der Waals surface area contributed by atoms with Crippen molar-refractivity contribution in [2.75, 3.05) is 5.33 Å². The first-order valence-corrected chi connectivity index (χ1v) is 3.85. The number of rotatable bonds is 2. The van der Waals surface area contributed by atoms with Gasteiger partial charge in [-0.3, -0.25) is 0 Å². The number of nitrogens with zero attached hydrogens (tertiary/aromatic N) is 2. The van der Waals surface area contributed by atoms with Crippen molar-refractivity contribution in [1.82, 2.24) is 9.97 Å². The average molecular weight is 268 g/mol. The number of hydrogen-bond donors (Lipinski definition) is 0. The van der Waals surface area contributed by atoms with Crippen molar-refractivity contribution in [1.29, 1.82) is 0 Å². The van der Waals surface area contributed by atoms with E-state index in [1.54, 1.807) is 0 Å². The van der Waals surface area contributed by atoms with Crippen LogP contribution in [0, 0.1) is 0 Å². The van der Waals surface area contributed by atoms with Crippen LogP contribution in [0.25, 0.3) is 0 Å². The van der Waals surface area contributed by atoms with Gasteiger partial charge < -0.3 is 0 Å². The van der Waals surface area contributed by atoms with Crippen LogP contribution in [0.1, 0.15) is 5.56 Å². The van der Waals surface area contributed by atoms with Crippen molar-refractivity contribution in [3.63, 3.8) is 0 Å². The molecule has 4 heteroatoms. The number of aromatic nitrogens is 2. The Morgan fingerprint density at radius 2 is 1.90 bits per heavy atom. The highest BCUT2D eigenvalue weighted by Crippen LogP contribution is 1.96. The Hall–Kier alpha value is 0.0400. The summed E-state index contributed by atoms with van der Waals surface area (Å²) in [5.74, 6) is 0. The third kappa shape index (κ3) is 3.27. The number of hydrogen-bond acceptors (Lipinski definition) is 2. The van der Waals surface area contributed by atoms with E-state index in [4.69, 9.17) is 0 Å². The molecule has 0 saturated carbocycles. The molecule has 0 atom stereocenters. The molecule has 0 amide bonds. The van der Waals surface area contributed by atoms with Crippen LogP contribution in [0.4, 0.5) is 0 Å². The van der Waals surface area contributed by atoms with Crippen molar-refractivity contribution in [3.8, 4) is 0 Å². The summed E-state index contributed by atoms with van der Waals surface area (Å²) in [5, 5.41) is 0.973. The smallest absolute Gasteiger partial charge is 0.115 e. The predicted molar refractivity (Wildman–Crippen MR) is 49.9 cm³/mol. The van der Waals surface area contributed by atoms with E-state index in [9.17, 15) is 0 Å². The Labute approximate surface area is 79.0 Å². The first kappa shape index (κ1) is 10.0. The predicted octanol–water partition coefficient (Wildman–Crippen LogP) is 1.99. The molecule has 0 bridgehead atoms. The van der Waals surface area contributed by atoms with Crippen molar-refractivity contribution >= 4 is 32.9 Å². The molecule has 0 radical (unpaired) electrons. The fourth-order valence-corrected chi connectivity index (χ4v) is 1.03. The van der Waals surface area contributed by atoms with Gasteiger partial charge in [0.25, 0.3) is 0 Å². The molecule has 1 aromatic heterocycles. The van der Waals surface area contributed by atoms with Gasteiger partial charge in [0.2, 0.25) is 0 Å². The standard InChI is InChI=1S/C6H7BrN2.BrH/c7-2-1-6-3-8-5-9-4-6;/h3-5H,1-2H2;1H. The van der Waals surface area contributed by atoms with E-state index in [-0.39, 0.29) is 17.0 Å². The molecule has 1 aromatic rings. The summed E-state index contributed by atoms with van der Waals surface area (Å²) in [6.45, 7) is 0. The van der Waals surface area contributed by atoms with Gasteiger partial charge in [-0.15, -0.1) is 17.0 Å². The van der Waals surface area contributed by atoms with Crippen LogP contribution in [0.3, 0.4) is 0 Å². The van der Waals surface area contributed by atoms with Crippen LogP contribution in [-0.2, 0) is 6.42 Å². The maximum atomic E-state index is 3.87. The van der Waals surface area contributed by atoms with Gasteiger partial charge in [0.1, 0.15) is 6.33 Å². The van der Waals surface area contributed by atoms with Crippen molar-refractivity contribution in [2.24, 2.45) is 0 Å². The highest BCUT2D eigenvalue weighted by molar-refractivity contribution is 9.09. The lowest BCUT2D eigenvalue weighted by atomic mass is 10.3. The summed E-state index contributed by atoms with van der Waals surface area (Å²) in [6.07, 6.45) is 6.20. The molecule has 0 fully saturated rings. The van der Waals surface area contributed by atoms with E-state index in [1.807, 2.05) is 12.4 Å². The van der Waals surface area contributed by atoms with Gasteiger partial charge in [-0.05, 0) is 12.0 Å². The summed E-state index contributed by atoms with van der Waals surface area (Å²) < 4.78 is 0. The molecule has 1 heterocycles. The van der Waals surface area contributed by atoms with Crippen LogP contribution < -0.4 is 0 Å². The van der Waals surface area contributed by atoms with E-state index in [0.29, 0.717) is 0 Å². The second-order valence-corrected chi connectivity index (χ2v) is 2.48. The summed E-state index contributed by atoms with van der Waals surface area (Å²) >= 11 is 3.33. The normalized spacial score (nSPS) is 8.50. The number of aryl methyl sites for hydroxylation is 1. The van der Waals surface area contributed by atoms with E-state index >= 15 is 0 Å². The van der Waals surface area contributed by atoms with Crippen LogP contribution >= 0.6 is 32.9 Å². The van der Waals surface area contributed by atoms with Gasteiger partial charge >= 0.3 is 0 Å². The first-order chi connectivity index (χ1) is 4.43. The summed E-state index contributed by atoms with van der Waals surface area (Å²) in [4.78, 5) is 7.74. The maximum absolute atomic E-state index is 3.87. The van der Waals surface area contributed by atoms with E-state index in [2.05, 4.69) is 25.9 Å². The van der Waals surface area contributed by atoms with Crippen LogP contribution in [0.15, 0.2) is 18.7 Å². The molecular formula is C6H8Br2N2. The van der Waals surface area contributed by atoms with Crippen molar-refractivity contribution < 1.29 is 0 Å². The average Bonchev–Trinajstić information content (AvgIpc) is 1.91. The zero-order chi connectivity index (χ0) is 6.53. The molecule has 0 aliphatic carbocycles. The van der Waals surface area contributed by atoms with E-state index in [0.717, 1.165) is 11.8 Å². The highest BCUT2D eigenvalue weighted by atomic mass is 79.9. The lowest BCUT2D eigenvalue weighted by Crippen LogP contribution is -1.87. The fourth-order valence-electron chi connectivity index (χ4n) is 0.568. The minimum Gasteiger partial charge on any atom is -0.245 e. The monoisotopic (exact) mass is 266 g/mol. The molecule has 0 spiro atoms. The largest absolute Gasteiger partial charge is 0.245 e. The SMILES string of the molecule is Br.BrCCc1cncnc1.